The summed E-state index contributed by atoms with van der Waals surface area (Å²) in [6.07, 6.45) is 13.1. The Labute approximate surface area is 135 Å². The van der Waals surface area contributed by atoms with Crippen LogP contribution in [0.5, 0.6) is 0 Å². The van der Waals surface area contributed by atoms with Crippen molar-refractivity contribution in [3.05, 3.63) is 29.8 Å². The van der Waals surface area contributed by atoms with E-state index < -0.39 is 10.0 Å². The maximum atomic E-state index is 2.48. The highest BCUT2D eigenvalue weighted by atomic mass is 32.3. The first-order chi connectivity index (χ1) is 9.84. The highest BCUT2D eigenvalue weighted by Gasteiger charge is 2.18. The van der Waals surface area contributed by atoms with Crippen molar-refractivity contribution < 1.29 is 0 Å². The van der Waals surface area contributed by atoms with E-state index in [1.165, 1.54) is 44.1 Å². The molecule has 0 aliphatic rings. The van der Waals surface area contributed by atoms with Crippen LogP contribution < -0.4 is 0 Å². The van der Waals surface area contributed by atoms with E-state index in [-0.39, 0.29) is 0 Å². The Kier molecular flexibility index (Phi) is 7.87. The molecule has 0 aliphatic carbocycles. The van der Waals surface area contributed by atoms with Gasteiger partial charge in [-0.15, -0.1) is 0 Å². The molecule has 21 heavy (non-hydrogen) atoms. The molecule has 1 heteroatoms. The van der Waals surface area contributed by atoms with E-state index in [1.807, 2.05) is 0 Å². The molecule has 1 aromatic carbocycles. The van der Waals surface area contributed by atoms with Crippen LogP contribution in [0.3, 0.4) is 0 Å². The Balaban J connectivity index is 2.43. The molecule has 0 fully saturated rings. The van der Waals surface area contributed by atoms with E-state index in [4.69, 9.17) is 0 Å². The Morgan fingerprint density at radius 3 is 2.19 bits per heavy atom. The van der Waals surface area contributed by atoms with E-state index in [1.54, 1.807) is 4.90 Å². The van der Waals surface area contributed by atoms with Crippen molar-refractivity contribution in [2.75, 3.05) is 12.5 Å². The van der Waals surface area contributed by atoms with Gasteiger partial charge in [-0.1, -0.05) is 71.6 Å². The smallest absolute Gasteiger partial charge is 0.00989 e. The number of rotatable bonds is 9. The fraction of sp³-hybridized carbons (Fsp3) is 0.700. The monoisotopic (exact) mass is 308 g/mol. The summed E-state index contributed by atoms with van der Waals surface area (Å²) in [4.78, 5) is 1.58. The van der Waals surface area contributed by atoms with Crippen LogP contribution >= 0.6 is 10.0 Å². The molecule has 0 aromatic heterocycles. The van der Waals surface area contributed by atoms with Crippen LogP contribution in [-0.2, 0) is 6.42 Å². The molecule has 0 amide bonds. The van der Waals surface area contributed by atoms with Gasteiger partial charge in [-0.25, -0.2) is 10.0 Å². The summed E-state index contributed by atoms with van der Waals surface area (Å²) in [6, 6.07) is 9.39. The van der Waals surface area contributed by atoms with Crippen LogP contribution in [0.15, 0.2) is 29.2 Å². The Bertz CT molecular complexity index is 404. The Morgan fingerprint density at radius 2 is 1.57 bits per heavy atom. The van der Waals surface area contributed by atoms with Crippen molar-refractivity contribution in [3.8, 4) is 0 Å². The van der Waals surface area contributed by atoms with Crippen molar-refractivity contribution in [1.29, 1.82) is 0 Å². The topological polar surface area (TPSA) is 0 Å². The van der Waals surface area contributed by atoms with Crippen LogP contribution in [0, 0.1) is 5.92 Å². The Hall–Kier alpha value is -0.430. The lowest BCUT2D eigenvalue weighted by Crippen LogP contribution is -2.09. The van der Waals surface area contributed by atoms with Gasteiger partial charge >= 0.3 is 0 Å². The van der Waals surface area contributed by atoms with Gasteiger partial charge in [0.25, 0.3) is 0 Å². The summed E-state index contributed by atoms with van der Waals surface area (Å²) in [6.45, 7) is 9.36. The SMILES string of the molecule is CC(C)CCCCCCc1cccc(S(C)(C)C(C)C)c1. The zero-order chi connectivity index (χ0) is 15.9. The van der Waals surface area contributed by atoms with Gasteiger partial charge in [-0.05, 0) is 53.0 Å². The zero-order valence-corrected chi connectivity index (χ0v) is 15.9. The van der Waals surface area contributed by atoms with Crippen LogP contribution in [0.25, 0.3) is 0 Å². The van der Waals surface area contributed by atoms with E-state index in [0.717, 1.165) is 11.2 Å². The molecule has 1 aromatic rings. The quantitative estimate of drug-likeness (QED) is 0.447. The molecule has 0 saturated heterocycles. The second-order valence-corrected chi connectivity index (χ2v) is 11.7. The largest absolute Gasteiger partial charge is 0.218 e. The molecular formula is C20H36S. The summed E-state index contributed by atoms with van der Waals surface area (Å²) < 4.78 is 0. The molecule has 0 bridgehead atoms. The summed E-state index contributed by atoms with van der Waals surface area (Å²) in [5, 5.41) is 0.754. The third-order valence-electron chi connectivity index (χ3n) is 4.68. The fourth-order valence-corrected chi connectivity index (χ4v) is 3.96. The number of hydrogen-bond acceptors (Lipinski definition) is 0. The minimum atomic E-state index is -0.648. The first-order valence-corrected chi connectivity index (χ1v) is 11.2. The lowest BCUT2D eigenvalue weighted by atomic mass is 10.0. The fourth-order valence-electron chi connectivity index (χ4n) is 2.54. The van der Waals surface area contributed by atoms with Crippen LogP contribution in [-0.4, -0.2) is 17.8 Å². The molecule has 0 N–H and O–H groups in total. The van der Waals surface area contributed by atoms with Crippen LogP contribution in [0.2, 0.25) is 0 Å². The van der Waals surface area contributed by atoms with Gasteiger partial charge in [0.05, 0.1) is 0 Å². The average molecular weight is 309 g/mol. The van der Waals surface area contributed by atoms with Crippen molar-refractivity contribution in [3.63, 3.8) is 0 Å². The lowest BCUT2D eigenvalue weighted by molar-refractivity contribution is 0.520. The van der Waals surface area contributed by atoms with Gasteiger partial charge < -0.3 is 0 Å². The van der Waals surface area contributed by atoms with Crippen molar-refractivity contribution in [2.24, 2.45) is 5.92 Å². The summed E-state index contributed by atoms with van der Waals surface area (Å²) in [7, 11) is -0.648. The number of unbranched alkanes of at least 4 members (excludes halogenated alkanes) is 3. The molecule has 0 spiro atoms. The van der Waals surface area contributed by atoms with Gasteiger partial charge in [0.15, 0.2) is 0 Å². The second kappa shape index (κ2) is 8.88. The molecule has 0 atom stereocenters. The summed E-state index contributed by atoms with van der Waals surface area (Å²) >= 11 is 0. The maximum absolute atomic E-state index is 2.48. The predicted molar refractivity (Wildman–Crippen MR) is 101 cm³/mol. The standard InChI is InChI=1S/C20H36S/c1-17(2)12-9-7-8-10-13-19-14-11-15-20(16-19)21(5,6)18(3)4/h11,14-18H,7-10,12-13H2,1-6H3. The van der Waals surface area contributed by atoms with Gasteiger partial charge in [-0.3, -0.25) is 0 Å². The van der Waals surface area contributed by atoms with Gasteiger partial charge in [0, 0.05) is 0 Å². The molecule has 1 rings (SSSR count). The number of benzene rings is 1. The molecule has 0 heterocycles. The predicted octanol–water partition coefficient (Wildman–Crippen LogP) is 6.67. The van der Waals surface area contributed by atoms with E-state index >= 15 is 0 Å². The average Bonchev–Trinajstić information content (AvgIpc) is 2.42. The molecule has 0 saturated carbocycles. The molecule has 0 nitrogen and oxygen atoms in total. The van der Waals surface area contributed by atoms with Gasteiger partial charge in [-0.2, -0.15) is 0 Å². The molecule has 0 radical (unpaired) electrons. The Morgan fingerprint density at radius 1 is 0.905 bits per heavy atom. The minimum absolute atomic E-state index is 0.648. The number of hydrogen-bond donors (Lipinski definition) is 0. The zero-order valence-electron chi connectivity index (χ0n) is 15.1. The third-order valence-corrected chi connectivity index (χ3v) is 8.51. The van der Waals surface area contributed by atoms with Gasteiger partial charge in [0.2, 0.25) is 0 Å². The summed E-state index contributed by atoms with van der Waals surface area (Å²) in [5.41, 5.74) is 1.54. The van der Waals surface area contributed by atoms with Crippen LogP contribution in [0.4, 0.5) is 0 Å². The number of aryl methyl sites for hydroxylation is 1. The molecule has 0 aliphatic heterocycles. The highest BCUT2D eigenvalue weighted by molar-refractivity contribution is 8.33. The van der Waals surface area contributed by atoms with Crippen molar-refractivity contribution >= 4 is 10.0 Å². The van der Waals surface area contributed by atoms with E-state index in [2.05, 4.69) is 64.5 Å². The van der Waals surface area contributed by atoms with Crippen molar-refractivity contribution in [1.82, 2.24) is 0 Å². The third kappa shape index (κ3) is 6.46. The lowest BCUT2D eigenvalue weighted by Gasteiger charge is -2.36. The highest BCUT2D eigenvalue weighted by Crippen LogP contribution is 2.53. The second-order valence-electron chi connectivity index (χ2n) is 7.45. The summed E-state index contributed by atoms with van der Waals surface area (Å²) in [5.74, 6) is 0.864. The van der Waals surface area contributed by atoms with Crippen LogP contribution in [0.1, 0.15) is 65.4 Å². The molecule has 0 unspecified atom stereocenters. The van der Waals surface area contributed by atoms with E-state index in [9.17, 15) is 0 Å². The minimum Gasteiger partial charge on any atom is -0.218 e. The maximum Gasteiger partial charge on any atom is -0.00989 e. The van der Waals surface area contributed by atoms with Gasteiger partial charge in [0.1, 0.15) is 0 Å². The first-order valence-electron chi connectivity index (χ1n) is 8.65. The van der Waals surface area contributed by atoms with E-state index in [0.29, 0.717) is 0 Å². The molecule has 122 valence electrons. The normalized spacial score (nSPS) is 13.1. The molecular weight excluding hydrogens is 272 g/mol. The first kappa shape index (κ1) is 18.6. The van der Waals surface area contributed by atoms with Crippen molar-refractivity contribution in [2.45, 2.75) is 76.4 Å².